The van der Waals surface area contributed by atoms with Crippen molar-refractivity contribution in [1.29, 1.82) is 0 Å². The molecule has 69 valence electrons. The van der Waals surface area contributed by atoms with Crippen molar-refractivity contribution in [2.45, 2.75) is 44.8 Å². The van der Waals surface area contributed by atoms with Crippen LogP contribution in [0, 0.1) is 18.4 Å². The molecule has 1 aliphatic heterocycles. The summed E-state index contributed by atoms with van der Waals surface area (Å²) in [6, 6.07) is 0. The topological polar surface area (TPSA) is 29.5 Å². The molecule has 2 fully saturated rings. The zero-order chi connectivity index (χ0) is 8.55. The third-order valence-corrected chi connectivity index (χ3v) is 3.03. The van der Waals surface area contributed by atoms with Crippen LogP contribution in [0.25, 0.3) is 0 Å². The summed E-state index contributed by atoms with van der Waals surface area (Å²) in [4.78, 5) is 0. The van der Waals surface area contributed by atoms with Gasteiger partial charge in [0.1, 0.15) is 0 Å². The van der Waals surface area contributed by atoms with E-state index >= 15 is 0 Å². The highest BCUT2D eigenvalue weighted by Crippen LogP contribution is 2.52. The van der Waals surface area contributed by atoms with Gasteiger partial charge in [0.2, 0.25) is 0 Å². The zero-order valence-electron chi connectivity index (χ0n) is 7.57. The van der Waals surface area contributed by atoms with Crippen molar-refractivity contribution in [3.63, 3.8) is 0 Å². The van der Waals surface area contributed by atoms with Crippen molar-refractivity contribution in [3.8, 4) is 0 Å². The summed E-state index contributed by atoms with van der Waals surface area (Å²) < 4.78 is 5.41. The summed E-state index contributed by atoms with van der Waals surface area (Å²) >= 11 is 0. The van der Waals surface area contributed by atoms with Gasteiger partial charge in [0.15, 0.2) is 0 Å². The predicted octanol–water partition coefficient (Wildman–Crippen LogP) is 1.73. The number of fused-ring (bicyclic) bond motifs is 1. The first-order valence-electron chi connectivity index (χ1n) is 4.94. The highest BCUT2D eigenvalue weighted by atomic mass is 16.5. The largest absolute Gasteiger partial charge is 0.393 e. The third-order valence-electron chi connectivity index (χ3n) is 3.03. The first kappa shape index (κ1) is 8.52. The van der Waals surface area contributed by atoms with E-state index in [0.29, 0.717) is 6.10 Å². The molecule has 1 aliphatic carbocycles. The van der Waals surface area contributed by atoms with Crippen LogP contribution in [0.3, 0.4) is 0 Å². The van der Waals surface area contributed by atoms with Gasteiger partial charge in [0.25, 0.3) is 0 Å². The molecule has 2 aliphatic rings. The Balaban J connectivity index is 1.58. The maximum atomic E-state index is 9.05. The van der Waals surface area contributed by atoms with E-state index in [1.807, 2.05) is 13.5 Å². The van der Waals surface area contributed by atoms with Crippen LogP contribution in [0.15, 0.2) is 0 Å². The van der Waals surface area contributed by atoms with Crippen LogP contribution in [0.4, 0.5) is 0 Å². The molecule has 0 spiro atoms. The van der Waals surface area contributed by atoms with Gasteiger partial charge in [-0.05, 0) is 38.0 Å². The fourth-order valence-electron chi connectivity index (χ4n) is 2.23. The van der Waals surface area contributed by atoms with Gasteiger partial charge in [-0.25, -0.2) is 0 Å². The van der Waals surface area contributed by atoms with Gasteiger partial charge in [-0.2, -0.15) is 0 Å². The van der Waals surface area contributed by atoms with E-state index in [1.165, 1.54) is 6.42 Å². The maximum Gasteiger partial charge on any atom is 0.0844 e. The van der Waals surface area contributed by atoms with Gasteiger partial charge in [-0.1, -0.05) is 6.42 Å². The van der Waals surface area contributed by atoms with Crippen LogP contribution in [0.5, 0.6) is 0 Å². The fourth-order valence-corrected chi connectivity index (χ4v) is 2.23. The minimum absolute atomic E-state index is 0.129. The quantitative estimate of drug-likeness (QED) is 0.694. The lowest BCUT2D eigenvalue weighted by Gasteiger charge is -2.04. The molecule has 4 atom stereocenters. The molecule has 12 heavy (non-hydrogen) atoms. The summed E-state index contributed by atoms with van der Waals surface area (Å²) in [6.45, 7) is 3.80. The lowest BCUT2D eigenvalue weighted by atomic mass is 10.1. The van der Waals surface area contributed by atoms with Crippen molar-refractivity contribution in [3.05, 3.63) is 6.61 Å². The van der Waals surface area contributed by atoms with E-state index in [0.717, 1.165) is 31.1 Å². The van der Waals surface area contributed by atoms with Crippen molar-refractivity contribution in [1.82, 2.24) is 0 Å². The SMILES string of the molecule is CC(O)CCCC1C2C[CH]OC21. The number of ether oxygens (including phenoxy) is 1. The second kappa shape index (κ2) is 3.35. The molecule has 1 radical (unpaired) electrons. The molecule has 0 aromatic carbocycles. The van der Waals surface area contributed by atoms with Crippen LogP contribution >= 0.6 is 0 Å². The van der Waals surface area contributed by atoms with Gasteiger partial charge in [0.05, 0.1) is 18.8 Å². The Hall–Kier alpha value is -0.0800. The monoisotopic (exact) mass is 169 g/mol. The molecular formula is C10H17O2. The molecule has 0 aromatic heterocycles. The van der Waals surface area contributed by atoms with Crippen molar-refractivity contribution < 1.29 is 9.84 Å². The molecule has 0 bridgehead atoms. The first-order chi connectivity index (χ1) is 5.79. The van der Waals surface area contributed by atoms with E-state index < -0.39 is 0 Å². The Morgan fingerprint density at radius 1 is 1.67 bits per heavy atom. The highest BCUT2D eigenvalue weighted by molar-refractivity contribution is 5.04. The zero-order valence-corrected chi connectivity index (χ0v) is 7.57. The van der Waals surface area contributed by atoms with Gasteiger partial charge >= 0.3 is 0 Å². The molecule has 0 aromatic rings. The second-order valence-electron chi connectivity index (χ2n) is 4.11. The Bertz CT molecular complexity index is 146. The van der Waals surface area contributed by atoms with Gasteiger partial charge in [0, 0.05) is 0 Å². The van der Waals surface area contributed by atoms with E-state index in [4.69, 9.17) is 9.84 Å². The molecule has 1 saturated carbocycles. The minimum atomic E-state index is -0.129. The molecule has 2 nitrogen and oxygen atoms in total. The molecule has 4 unspecified atom stereocenters. The number of hydrogen-bond donors (Lipinski definition) is 1. The molecule has 1 N–H and O–H groups in total. The Morgan fingerprint density at radius 2 is 2.50 bits per heavy atom. The van der Waals surface area contributed by atoms with E-state index in [1.54, 1.807) is 0 Å². The van der Waals surface area contributed by atoms with Crippen molar-refractivity contribution in [2.75, 3.05) is 0 Å². The highest BCUT2D eigenvalue weighted by Gasteiger charge is 2.53. The van der Waals surface area contributed by atoms with Crippen LogP contribution in [-0.4, -0.2) is 17.3 Å². The van der Waals surface area contributed by atoms with Gasteiger partial charge < -0.3 is 9.84 Å². The first-order valence-corrected chi connectivity index (χ1v) is 4.94. The second-order valence-corrected chi connectivity index (χ2v) is 4.11. The van der Waals surface area contributed by atoms with E-state index in [2.05, 4.69) is 0 Å². The van der Waals surface area contributed by atoms with Gasteiger partial charge in [-0.3, -0.25) is 0 Å². The summed E-state index contributed by atoms with van der Waals surface area (Å²) in [5, 5.41) is 9.05. The lowest BCUT2D eigenvalue weighted by Crippen LogP contribution is -2.00. The van der Waals surface area contributed by atoms with Crippen molar-refractivity contribution in [2.24, 2.45) is 11.8 Å². The van der Waals surface area contributed by atoms with Crippen molar-refractivity contribution >= 4 is 0 Å². The average Bonchev–Trinajstić information content (AvgIpc) is 2.49. The smallest absolute Gasteiger partial charge is 0.0844 e. The molecule has 1 heterocycles. The Kier molecular flexibility index (Phi) is 2.37. The molecule has 2 heteroatoms. The van der Waals surface area contributed by atoms with E-state index in [-0.39, 0.29) is 6.10 Å². The number of aliphatic hydroxyl groups excluding tert-OH is 1. The maximum absolute atomic E-state index is 9.05. The summed E-state index contributed by atoms with van der Waals surface area (Å²) in [5.74, 6) is 1.65. The third kappa shape index (κ3) is 1.64. The number of rotatable bonds is 4. The van der Waals surface area contributed by atoms with Crippen LogP contribution in [0.2, 0.25) is 0 Å². The molecule has 0 amide bonds. The number of aliphatic hydroxyl groups is 1. The summed E-state index contributed by atoms with van der Waals surface area (Å²) in [7, 11) is 0. The van der Waals surface area contributed by atoms with Crippen LogP contribution < -0.4 is 0 Å². The Morgan fingerprint density at radius 3 is 3.08 bits per heavy atom. The van der Waals surface area contributed by atoms with E-state index in [9.17, 15) is 0 Å². The predicted molar refractivity (Wildman–Crippen MR) is 46.3 cm³/mol. The minimum Gasteiger partial charge on any atom is -0.393 e. The molecule has 1 saturated heterocycles. The normalized spacial score (nSPS) is 41.0. The Labute approximate surface area is 73.9 Å². The summed E-state index contributed by atoms with van der Waals surface area (Å²) in [5.41, 5.74) is 0. The molecule has 2 rings (SSSR count). The van der Waals surface area contributed by atoms with Crippen LogP contribution in [-0.2, 0) is 4.74 Å². The van der Waals surface area contributed by atoms with Crippen LogP contribution in [0.1, 0.15) is 32.6 Å². The standard InChI is InChI=1S/C10H17O2/c1-7(11)3-2-4-8-9-5-6-12-10(8)9/h6-11H,2-5H2,1H3. The molecular weight excluding hydrogens is 152 g/mol. The number of hydrogen-bond acceptors (Lipinski definition) is 2. The van der Waals surface area contributed by atoms with Gasteiger partial charge in [-0.15, -0.1) is 0 Å². The summed E-state index contributed by atoms with van der Waals surface area (Å²) in [6.07, 6.45) is 4.92. The lowest BCUT2D eigenvalue weighted by molar-refractivity contribution is 0.170. The average molecular weight is 169 g/mol. The fraction of sp³-hybridized carbons (Fsp3) is 0.900.